The average molecular weight is 279 g/mol. The number of carboxylic acids is 1. The Morgan fingerprint density at radius 2 is 2.05 bits per heavy atom. The number of rotatable bonds is 3. The van der Waals surface area contributed by atoms with Crippen LogP contribution in [0.15, 0.2) is 10.8 Å². The van der Waals surface area contributed by atoms with Crippen LogP contribution in [0.2, 0.25) is 0 Å². The predicted octanol–water partition coefficient (Wildman–Crippen LogP) is 2.24. The molecule has 2 atom stereocenters. The summed E-state index contributed by atoms with van der Waals surface area (Å²) < 4.78 is 0. The van der Waals surface area contributed by atoms with Gasteiger partial charge in [0.15, 0.2) is 0 Å². The van der Waals surface area contributed by atoms with Gasteiger partial charge in [-0.15, -0.1) is 0 Å². The van der Waals surface area contributed by atoms with Crippen LogP contribution in [0.5, 0.6) is 0 Å². The van der Waals surface area contributed by atoms with E-state index < -0.39 is 5.97 Å². The zero-order valence-electron chi connectivity index (χ0n) is 10.8. The minimum absolute atomic E-state index is 0.00634. The number of hydrogen-bond donors (Lipinski definition) is 1. The SMILES string of the molecule is Cc1cscc1C(=O)N1C[C@H](C(=O)O)[C@@H](C2CC2)C1. The Morgan fingerprint density at radius 1 is 1.32 bits per heavy atom. The molecule has 0 aromatic carbocycles. The first kappa shape index (κ1) is 12.7. The minimum Gasteiger partial charge on any atom is -0.481 e. The summed E-state index contributed by atoms with van der Waals surface area (Å²) in [7, 11) is 0. The van der Waals surface area contributed by atoms with Crippen molar-refractivity contribution in [3.63, 3.8) is 0 Å². The van der Waals surface area contributed by atoms with Crippen molar-refractivity contribution in [3.05, 3.63) is 21.9 Å². The zero-order chi connectivity index (χ0) is 13.6. The van der Waals surface area contributed by atoms with Gasteiger partial charge < -0.3 is 10.0 Å². The van der Waals surface area contributed by atoms with E-state index in [0.29, 0.717) is 19.0 Å². The Bertz CT molecular complexity index is 521. The van der Waals surface area contributed by atoms with Crippen LogP contribution in [0, 0.1) is 24.7 Å². The summed E-state index contributed by atoms with van der Waals surface area (Å²) in [6.07, 6.45) is 2.24. The number of aryl methyl sites for hydroxylation is 1. The smallest absolute Gasteiger partial charge is 0.308 e. The lowest BCUT2D eigenvalue weighted by atomic mass is 9.92. The van der Waals surface area contributed by atoms with E-state index in [1.165, 1.54) is 11.3 Å². The largest absolute Gasteiger partial charge is 0.481 e. The van der Waals surface area contributed by atoms with E-state index in [1.807, 2.05) is 17.7 Å². The minimum atomic E-state index is -0.755. The molecule has 5 heteroatoms. The van der Waals surface area contributed by atoms with E-state index >= 15 is 0 Å². The predicted molar refractivity (Wildman–Crippen MR) is 72.3 cm³/mol. The quantitative estimate of drug-likeness (QED) is 0.923. The maximum atomic E-state index is 12.4. The standard InChI is InChI=1S/C14H17NO3S/c1-8-6-19-7-12(8)13(16)15-4-10(9-2-3-9)11(5-15)14(17)18/h6-7,9-11H,2-5H2,1H3,(H,17,18)/t10-,11+/m1/s1. The molecular weight excluding hydrogens is 262 g/mol. The van der Waals surface area contributed by atoms with Crippen LogP contribution in [0.3, 0.4) is 0 Å². The highest BCUT2D eigenvalue weighted by Crippen LogP contribution is 2.44. The van der Waals surface area contributed by atoms with E-state index in [4.69, 9.17) is 0 Å². The van der Waals surface area contributed by atoms with Crippen molar-refractivity contribution < 1.29 is 14.7 Å². The molecule has 1 N–H and O–H groups in total. The molecule has 3 rings (SSSR count). The Labute approximate surface area is 116 Å². The molecule has 0 radical (unpaired) electrons. The second kappa shape index (κ2) is 4.63. The van der Waals surface area contributed by atoms with Crippen molar-refractivity contribution in [3.8, 4) is 0 Å². The summed E-state index contributed by atoms with van der Waals surface area (Å²) in [5.41, 5.74) is 1.71. The van der Waals surface area contributed by atoms with E-state index in [1.54, 1.807) is 4.90 Å². The molecule has 1 saturated heterocycles. The van der Waals surface area contributed by atoms with Gasteiger partial charge in [-0.3, -0.25) is 9.59 Å². The van der Waals surface area contributed by atoms with Crippen molar-refractivity contribution in [1.82, 2.24) is 4.90 Å². The summed E-state index contributed by atoms with van der Waals surface area (Å²) in [5, 5.41) is 13.1. The van der Waals surface area contributed by atoms with Gasteiger partial charge in [0.05, 0.1) is 11.5 Å². The molecule has 1 aliphatic carbocycles. The van der Waals surface area contributed by atoms with Crippen molar-refractivity contribution in [2.75, 3.05) is 13.1 Å². The van der Waals surface area contributed by atoms with Gasteiger partial charge in [-0.1, -0.05) is 0 Å². The van der Waals surface area contributed by atoms with Gasteiger partial charge in [0.1, 0.15) is 0 Å². The summed E-state index contributed by atoms with van der Waals surface area (Å²) in [5.74, 6) is -0.472. The molecule has 2 aliphatic rings. The molecule has 19 heavy (non-hydrogen) atoms. The maximum absolute atomic E-state index is 12.4. The number of thiophene rings is 1. The normalized spacial score (nSPS) is 26.7. The third kappa shape index (κ3) is 2.27. The number of carbonyl (C=O) groups is 2. The van der Waals surface area contributed by atoms with E-state index in [2.05, 4.69) is 0 Å². The van der Waals surface area contributed by atoms with Gasteiger partial charge in [0, 0.05) is 18.5 Å². The van der Waals surface area contributed by atoms with Gasteiger partial charge in [0.2, 0.25) is 0 Å². The average Bonchev–Trinajstić information content (AvgIpc) is 2.97. The molecule has 4 nitrogen and oxygen atoms in total. The number of carbonyl (C=O) groups excluding carboxylic acids is 1. The lowest BCUT2D eigenvalue weighted by Crippen LogP contribution is -2.30. The molecule has 0 spiro atoms. The topological polar surface area (TPSA) is 57.6 Å². The van der Waals surface area contributed by atoms with Gasteiger partial charge in [-0.05, 0) is 42.5 Å². The van der Waals surface area contributed by atoms with Crippen molar-refractivity contribution >= 4 is 23.2 Å². The van der Waals surface area contributed by atoms with Crippen LogP contribution in [0.1, 0.15) is 28.8 Å². The summed E-state index contributed by atoms with van der Waals surface area (Å²) in [6.45, 7) is 2.90. The Kier molecular flexibility index (Phi) is 3.09. The molecule has 102 valence electrons. The number of hydrogen-bond acceptors (Lipinski definition) is 3. The maximum Gasteiger partial charge on any atom is 0.308 e. The van der Waals surface area contributed by atoms with Crippen LogP contribution in [0.4, 0.5) is 0 Å². The first-order chi connectivity index (χ1) is 9.08. The summed E-state index contributed by atoms with van der Waals surface area (Å²) in [6, 6.07) is 0. The van der Waals surface area contributed by atoms with Gasteiger partial charge in [0.25, 0.3) is 5.91 Å². The van der Waals surface area contributed by atoms with Gasteiger partial charge in [-0.2, -0.15) is 11.3 Å². The lowest BCUT2D eigenvalue weighted by molar-refractivity contribution is -0.142. The molecule has 1 aromatic heterocycles. The lowest BCUT2D eigenvalue weighted by Gasteiger charge is -2.16. The van der Waals surface area contributed by atoms with Crippen molar-refractivity contribution in [2.45, 2.75) is 19.8 Å². The number of aliphatic carboxylic acids is 1. The molecule has 1 aliphatic heterocycles. The molecule has 2 heterocycles. The molecule has 0 unspecified atom stereocenters. The first-order valence-corrected chi connectivity index (χ1v) is 7.57. The molecule has 0 bridgehead atoms. The number of likely N-dealkylation sites (tertiary alicyclic amines) is 1. The highest BCUT2D eigenvalue weighted by molar-refractivity contribution is 7.08. The van der Waals surface area contributed by atoms with Crippen molar-refractivity contribution in [2.24, 2.45) is 17.8 Å². The first-order valence-electron chi connectivity index (χ1n) is 6.63. The fraction of sp³-hybridized carbons (Fsp3) is 0.571. The molecule has 2 fully saturated rings. The Hall–Kier alpha value is -1.36. The highest BCUT2D eigenvalue weighted by atomic mass is 32.1. The Morgan fingerprint density at radius 3 is 2.58 bits per heavy atom. The Balaban J connectivity index is 1.78. The van der Waals surface area contributed by atoms with Crippen LogP contribution in [-0.4, -0.2) is 35.0 Å². The fourth-order valence-electron chi connectivity index (χ4n) is 3.01. The number of nitrogens with zero attached hydrogens (tertiary/aromatic N) is 1. The van der Waals surface area contributed by atoms with E-state index in [-0.39, 0.29) is 17.7 Å². The number of carboxylic acid groups (broad SMARTS) is 1. The molecule has 1 amide bonds. The number of amides is 1. The fourth-order valence-corrected chi connectivity index (χ4v) is 3.83. The van der Waals surface area contributed by atoms with E-state index in [9.17, 15) is 14.7 Å². The van der Waals surface area contributed by atoms with Crippen LogP contribution < -0.4 is 0 Å². The van der Waals surface area contributed by atoms with Crippen LogP contribution in [-0.2, 0) is 4.79 Å². The third-order valence-electron chi connectivity index (χ3n) is 4.28. The molecule has 1 aromatic rings. The van der Waals surface area contributed by atoms with Gasteiger partial charge in [-0.25, -0.2) is 0 Å². The summed E-state index contributed by atoms with van der Waals surface area (Å²) >= 11 is 1.52. The second-order valence-electron chi connectivity index (χ2n) is 5.62. The van der Waals surface area contributed by atoms with Crippen LogP contribution in [0.25, 0.3) is 0 Å². The monoisotopic (exact) mass is 279 g/mol. The highest BCUT2D eigenvalue weighted by Gasteiger charge is 2.47. The second-order valence-corrected chi connectivity index (χ2v) is 6.37. The molecule has 1 saturated carbocycles. The van der Waals surface area contributed by atoms with E-state index in [0.717, 1.165) is 24.0 Å². The van der Waals surface area contributed by atoms with Crippen molar-refractivity contribution in [1.29, 1.82) is 0 Å². The molecular formula is C14H17NO3S. The van der Waals surface area contributed by atoms with Crippen LogP contribution >= 0.6 is 11.3 Å². The third-order valence-corrected chi connectivity index (χ3v) is 5.14. The zero-order valence-corrected chi connectivity index (χ0v) is 11.7. The summed E-state index contributed by atoms with van der Waals surface area (Å²) in [4.78, 5) is 25.5. The van der Waals surface area contributed by atoms with Gasteiger partial charge >= 0.3 is 5.97 Å².